The summed E-state index contributed by atoms with van der Waals surface area (Å²) in [5.41, 5.74) is 2.83. The van der Waals surface area contributed by atoms with Crippen LogP contribution in [-0.2, 0) is 6.54 Å². The van der Waals surface area contributed by atoms with Gasteiger partial charge in [-0.3, -0.25) is 10.1 Å². The summed E-state index contributed by atoms with van der Waals surface area (Å²) in [4.78, 5) is 37.5. The molecule has 2 amide bonds. The summed E-state index contributed by atoms with van der Waals surface area (Å²) in [6.45, 7) is 3.13. The van der Waals surface area contributed by atoms with Crippen molar-refractivity contribution in [1.29, 1.82) is 0 Å². The van der Waals surface area contributed by atoms with E-state index in [9.17, 15) is 14.7 Å². The maximum atomic E-state index is 12.7. The van der Waals surface area contributed by atoms with Crippen LogP contribution in [0.2, 0.25) is 0 Å². The second-order valence-corrected chi connectivity index (χ2v) is 10.5. The third-order valence-corrected chi connectivity index (χ3v) is 7.40. The number of amides is 2. The molecular weight excluding hydrogens is 564 g/mol. The minimum Gasteiger partial charge on any atom is -0.497 e. The summed E-state index contributed by atoms with van der Waals surface area (Å²) in [5, 5.41) is 21.3. The van der Waals surface area contributed by atoms with Gasteiger partial charge in [0.25, 0.3) is 5.91 Å². The summed E-state index contributed by atoms with van der Waals surface area (Å²) in [7, 11) is 1.63. The van der Waals surface area contributed by atoms with Crippen LogP contribution in [0.4, 0.5) is 16.6 Å². The highest BCUT2D eigenvalue weighted by molar-refractivity contribution is 6.03. The third-order valence-electron chi connectivity index (χ3n) is 7.40. The van der Waals surface area contributed by atoms with Crippen LogP contribution in [0.1, 0.15) is 34.5 Å². The number of fused-ring (bicyclic) bond motifs is 1. The van der Waals surface area contributed by atoms with E-state index in [1.54, 1.807) is 54.5 Å². The SMILES string of the molecule is COc1ccc(Cn2nc(N[C@@H]3CCCN(C(=O)O)C3)c3c(Oc4ccc(C(=O)Nc5nc(C)c[nH]5)cc4)ccnc32)cc1. The van der Waals surface area contributed by atoms with E-state index in [2.05, 4.69) is 25.6 Å². The van der Waals surface area contributed by atoms with Gasteiger partial charge in [0.15, 0.2) is 11.5 Å². The molecule has 0 aliphatic carbocycles. The van der Waals surface area contributed by atoms with Crippen LogP contribution in [0.3, 0.4) is 0 Å². The lowest BCUT2D eigenvalue weighted by Crippen LogP contribution is -2.44. The Morgan fingerprint density at radius 1 is 1.09 bits per heavy atom. The van der Waals surface area contributed by atoms with Crippen molar-refractivity contribution in [2.45, 2.75) is 32.4 Å². The smallest absolute Gasteiger partial charge is 0.407 e. The number of aromatic amines is 1. The number of carboxylic acid groups (broad SMARTS) is 1. The van der Waals surface area contributed by atoms with Gasteiger partial charge in [-0.1, -0.05) is 12.1 Å². The highest BCUT2D eigenvalue weighted by Crippen LogP contribution is 2.35. The monoisotopic (exact) mass is 596 g/mol. The number of aromatic nitrogens is 5. The molecule has 3 aromatic heterocycles. The molecule has 0 saturated carbocycles. The van der Waals surface area contributed by atoms with Crippen molar-refractivity contribution in [1.82, 2.24) is 29.6 Å². The molecule has 2 aromatic carbocycles. The van der Waals surface area contributed by atoms with Crippen LogP contribution in [0.25, 0.3) is 11.0 Å². The minimum atomic E-state index is -0.937. The van der Waals surface area contributed by atoms with Crippen molar-refractivity contribution in [3.63, 3.8) is 0 Å². The Hall–Kier alpha value is -5.59. The molecule has 44 heavy (non-hydrogen) atoms. The lowest BCUT2D eigenvalue weighted by atomic mass is 10.1. The first kappa shape index (κ1) is 28.5. The number of likely N-dealkylation sites (tertiary alicyclic amines) is 1. The molecule has 1 saturated heterocycles. The van der Waals surface area contributed by atoms with E-state index in [1.165, 1.54) is 4.90 Å². The Bertz CT molecular complexity index is 1780. The predicted molar refractivity (Wildman–Crippen MR) is 164 cm³/mol. The predicted octanol–water partition coefficient (Wildman–Crippen LogP) is 5.12. The van der Waals surface area contributed by atoms with E-state index in [1.807, 2.05) is 31.2 Å². The van der Waals surface area contributed by atoms with Crippen molar-refractivity contribution in [3.8, 4) is 17.2 Å². The van der Waals surface area contributed by atoms with Crippen LogP contribution in [0.15, 0.2) is 67.0 Å². The number of piperidine rings is 1. The lowest BCUT2D eigenvalue weighted by molar-refractivity contribution is 0.102. The van der Waals surface area contributed by atoms with E-state index in [0.29, 0.717) is 59.5 Å². The summed E-state index contributed by atoms with van der Waals surface area (Å²) >= 11 is 0. The fourth-order valence-electron chi connectivity index (χ4n) is 5.19. The van der Waals surface area contributed by atoms with E-state index >= 15 is 0 Å². The van der Waals surface area contributed by atoms with Gasteiger partial charge in [0.2, 0.25) is 5.95 Å². The maximum Gasteiger partial charge on any atom is 0.407 e. The van der Waals surface area contributed by atoms with Crippen LogP contribution in [-0.4, -0.2) is 73.0 Å². The number of nitrogens with one attached hydrogen (secondary N) is 3. The van der Waals surface area contributed by atoms with Gasteiger partial charge < -0.3 is 29.8 Å². The zero-order valence-corrected chi connectivity index (χ0v) is 24.3. The number of carbonyl (C=O) groups excluding carboxylic acids is 1. The number of rotatable bonds is 9. The Labute approximate surface area is 252 Å². The Morgan fingerprint density at radius 2 is 1.86 bits per heavy atom. The van der Waals surface area contributed by atoms with E-state index < -0.39 is 6.09 Å². The summed E-state index contributed by atoms with van der Waals surface area (Å²) in [6, 6.07) is 16.1. The zero-order chi connectivity index (χ0) is 30.6. The van der Waals surface area contributed by atoms with E-state index in [-0.39, 0.29) is 11.9 Å². The summed E-state index contributed by atoms with van der Waals surface area (Å²) < 4.78 is 13.4. The van der Waals surface area contributed by atoms with Crippen LogP contribution in [0.5, 0.6) is 17.2 Å². The molecule has 1 fully saturated rings. The largest absolute Gasteiger partial charge is 0.497 e. The number of pyridine rings is 1. The fourth-order valence-corrected chi connectivity index (χ4v) is 5.19. The number of benzene rings is 2. The molecule has 0 radical (unpaired) electrons. The topological polar surface area (TPSA) is 160 Å². The fraction of sp³-hybridized carbons (Fsp3) is 0.258. The number of H-pyrrole nitrogens is 1. The molecule has 0 bridgehead atoms. The molecule has 1 aliphatic heterocycles. The van der Waals surface area contributed by atoms with Crippen LogP contribution >= 0.6 is 0 Å². The summed E-state index contributed by atoms with van der Waals surface area (Å²) in [6.07, 6.45) is 3.98. The number of ether oxygens (including phenoxy) is 2. The molecule has 0 unspecified atom stereocenters. The van der Waals surface area contributed by atoms with Crippen molar-refractivity contribution in [2.24, 2.45) is 0 Å². The van der Waals surface area contributed by atoms with E-state index in [0.717, 1.165) is 29.8 Å². The molecule has 13 nitrogen and oxygen atoms in total. The Kier molecular flexibility index (Phi) is 8.00. The molecule has 0 spiro atoms. The average Bonchev–Trinajstić information content (AvgIpc) is 3.60. The molecule has 13 heteroatoms. The first-order valence-corrected chi connectivity index (χ1v) is 14.2. The molecule has 4 heterocycles. The van der Waals surface area contributed by atoms with Gasteiger partial charge in [0, 0.05) is 43.2 Å². The molecule has 226 valence electrons. The van der Waals surface area contributed by atoms with Crippen molar-refractivity contribution < 1.29 is 24.2 Å². The lowest BCUT2D eigenvalue weighted by Gasteiger charge is -2.31. The molecular formula is C31H32N8O5. The number of hydrogen-bond donors (Lipinski definition) is 4. The van der Waals surface area contributed by atoms with Gasteiger partial charge in [-0.2, -0.15) is 5.10 Å². The third kappa shape index (κ3) is 6.26. The molecule has 6 rings (SSSR count). The van der Waals surface area contributed by atoms with Gasteiger partial charge in [-0.15, -0.1) is 0 Å². The number of imidazole rings is 1. The quantitative estimate of drug-likeness (QED) is 0.181. The molecule has 4 N–H and O–H groups in total. The number of anilines is 2. The van der Waals surface area contributed by atoms with Crippen LogP contribution in [0, 0.1) is 6.92 Å². The average molecular weight is 597 g/mol. The highest BCUT2D eigenvalue weighted by atomic mass is 16.5. The van der Waals surface area contributed by atoms with Crippen molar-refractivity contribution >= 4 is 34.8 Å². The van der Waals surface area contributed by atoms with Gasteiger partial charge >= 0.3 is 6.09 Å². The molecule has 1 atom stereocenters. The van der Waals surface area contributed by atoms with E-state index in [4.69, 9.17) is 14.6 Å². The molecule has 5 aromatic rings. The first-order chi connectivity index (χ1) is 21.4. The number of hydrogen-bond acceptors (Lipinski definition) is 8. The number of aryl methyl sites for hydroxylation is 1. The number of methoxy groups -OCH3 is 1. The first-order valence-electron chi connectivity index (χ1n) is 14.2. The zero-order valence-electron chi connectivity index (χ0n) is 24.3. The second kappa shape index (κ2) is 12.3. The van der Waals surface area contributed by atoms with Gasteiger partial charge in [0.1, 0.15) is 22.6 Å². The van der Waals surface area contributed by atoms with Crippen molar-refractivity contribution in [3.05, 3.63) is 83.8 Å². The Morgan fingerprint density at radius 3 is 2.57 bits per heavy atom. The minimum absolute atomic E-state index is 0.129. The standard InChI is InChI=1S/C31H32N8O5/c1-19-16-33-30(34-19)36-29(40)21-7-11-24(12-8-21)44-25-13-14-32-28-26(25)27(35-22-4-3-15-38(18-22)31(41)42)37-39(28)17-20-5-9-23(43-2)10-6-20/h5-14,16,22H,3-4,15,17-18H2,1-2H3,(H,35,37)(H,41,42)(H2,33,34,36,40)/t22-/m1/s1. The van der Waals surface area contributed by atoms with Crippen molar-refractivity contribution in [2.75, 3.05) is 30.8 Å². The Balaban J connectivity index is 1.29. The van der Waals surface area contributed by atoms with Gasteiger partial charge in [-0.05, 0) is 61.7 Å². The number of carbonyl (C=O) groups is 2. The van der Waals surface area contributed by atoms with Crippen LogP contribution < -0.4 is 20.1 Å². The highest BCUT2D eigenvalue weighted by Gasteiger charge is 2.26. The molecule has 1 aliphatic rings. The van der Waals surface area contributed by atoms with Gasteiger partial charge in [-0.25, -0.2) is 19.4 Å². The summed E-state index contributed by atoms with van der Waals surface area (Å²) in [5.74, 6) is 2.43. The van der Waals surface area contributed by atoms with Gasteiger partial charge in [0.05, 0.1) is 19.3 Å². The maximum absolute atomic E-state index is 12.7. The normalized spacial score (nSPS) is 14.8. The second-order valence-electron chi connectivity index (χ2n) is 10.5. The number of nitrogens with zero attached hydrogens (tertiary/aromatic N) is 5.